The minimum Gasteiger partial charge on any atom is -0.870 e. The summed E-state index contributed by atoms with van der Waals surface area (Å²) in [7, 11) is -3.20. The Labute approximate surface area is 250 Å². The van der Waals surface area contributed by atoms with Gasteiger partial charge in [-0.05, 0) is 48.2 Å². The SMILES string of the molecule is COc1cccc(NC(=O)c2cc3ccccc3c(N=Nc3cc(C)cc(S(=O)(=O)O)c3Cl)c2[O-])c1Cl.[Na+]. The van der Waals surface area contributed by atoms with Gasteiger partial charge in [-0.3, -0.25) is 9.35 Å². The summed E-state index contributed by atoms with van der Waals surface area (Å²) in [5, 5.41) is 24.8. The van der Waals surface area contributed by atoms with E-state index in [1.165, 1.54) is 25.3 Å². The number of carbonyl (C=O) groups excluding carboxylic acids is 1. The molecule has 0 saturated carbocycles. The van der Waals surface area contributed by atoms with Crippen molar-refractivity contribution in [3.63, 3.8) is 0 Å². The summed E-state index contributed by atoms with van der Waals surface area (Å²) in [5.74, 6) is -1.11. The number of amides is 1. The molecule has 0 atom stereocenters. The number of hydrogen-bond acceptors (Lipinski definition) is 7. The molecule has 0 saturated heterocycles. The van der Waals surface area contributed by atoms with Crippen LogP contribution in [0.1, 0.15) is 15.9 Å². The van der Waals surface area contributed by atoms with Crippen LogP contribution in [0.5, 0.6) is 11.5 Å². The summed E-state index contributed by atoms with van der Waals surface area (Å²) in [5.41, 5.74) is 0.203. The van der Waals surface area contributed by atoms with E-state index in [4.69, 9.17) is 27.9 Å². The fraction of sp³-hybridized carbons (Fsp3) is 0.0800. The first kappa shape index (κ1) is 29.9. The summed E-state index contributed by atoms with van der Waals surface area (Å²) < 4.78 is 38.0. The first-order chi connectivity index (χ1) is 17.5. The molecule has 0 fully saturated rings. The van der Waals surface area contributed by atoms with Crippen molar-refractivity contribution in [3.8, 4) is 11.5 Å². The van der Waals surface area contributed by atoms with E-state index >= 15 is 0 Å². The van der Waals surface area contributed by atoms with E-state index in [0.717, 1.165) is 0 Å². The number of carbonyl (C=O) groups is 1. The van der Waals surface area contributed by atoms with Gasteiger partial charge in [-0.15, -0.1) is 5.11 Å². The predicted molar refractivity (Wildman–Crippen MR) is 140 cm³/mol. The number of halogens is 2. The Balaban J connectivity index is 0.00000400. The zero-order chi connectivity index (χ0) is 26.9. The summed E-state index contributed by atoms with van der Waals surface area (Å²) in [4.78, 5) is 12.6. The van der Waals surface area contributed by atoms with Gasteiger partial charge in [0.15, 0.2) is 0 Å². The van der Waals surface area contributed by atoms with Crippen LogP contribution >= 0.6 is 23.2 Å². The first-order valence-corrected chi connectivity index (χ1v) is 12.8. The Kier molecular flexibility index (Phi) is 9.43. The molecule has 0 unspecified atom stereocenters. The quantitative estimate of drug-likeness (QED) is 0.203. The second kappa shape index (κ2) is 12.0. The van der Waals surface area contributed by atoms with Gasteiger partial charge in [-0.25, -0.2) is 0 Å². The number of ether oxygens (including phenoxy) is 1. The van der Waals surface area contributed by atoms with E-state index in [-0.39, 0.29) is 62.2 Å². The smallest absolute Gasteiger partial charge is 0.870 e. The average molecular weight is 582 g/mol. The van der Waals surface area contributed by atoms with Gasteiger partial charge in [0.2, 0.25) is 0 Å². The van der Waals surface area contributed by atoms with Crippen LogP contribution in [0.4, 0.5) is 17.1 Å². The minimum absolute atomic E-state index is 0. The standard InChI is InChI=1S/C25H19Cl2N3O6S.Na/c1-13-10-18(22(27)20(11-13)37(33,34)35)29-30-23-15-7-4-3-6-14(15)12-16(24(23)31)25(32)28-17-8-5-9-19(36-2)21(17)26;/h3-12,31H,1-2H3,(H,28,32)(H,33,34,35);/q;+1/p-1. The van der Waals surface area contributed by atoms with Gasteiger partial charge in [-0.2, -0.15) is 13.5 Å². The van der Waals surface area contributed by atoms with E-state index in [1.807, 2.05) is 0 Å². The first-order valence-electron chi connectivity index (χ1n) is 10.6. The Morgan fingerprint density at radius 1 is 1.03 bits per heavy atom. The number of hydrogen-bond donors (Lipinski definition) is 2. The normalized spacial score (nSPS) is 11.4. The molecule has 0 spiro atoms. The van der Waals surface area contributed by atoms with Crippen LogP contribution in [0.25, 0.3) is 10.8 Å². The number of benzene rings is 4. The van der Waals surface area contributed by atoms with E-state index in [0.29, 0.717) is 22.1 Å². The monoisotopic (exact) mass is 581 g/mol. The third-order valence-electron chi connectivity index (χ3n) is 5.35. The molecule has 0 aliphatic rings. The second-order valence-electron chi connectivity index (χ2n) is 7.87. The molecule has 0 radical (unpaired) electrons. The maximum Gasteiger partial charge on any atom is 1.00 e. The molecule has 4 aromatic carbocycles. The van der Waals surface area contributed by atoms with E-state index in [1.54, 1.807) is 49.4 Å². The second-order valence-corrected chi connectivity index (χ2v) is 10.0. The van der Waals surface area contributed by atoms with Gasteiger partial charge < -0.3 is 15.2 Å². The third-order valence-corrected chi connectivity index (χ3v) is 7.13. The molecule has 2 N–H and O–H groups in total. The summed E-state index contributed by atoms with van der Waals surface area (Å²) in [6.07, 6.45) is 0. The summed E-state index contributed by atoms with van der Waals surface area (Å²) in [6.45, 7) is 1.58. The molecule has 0 bridgehead atoms. The van der Waals surface area contributed by atoms with Crippen LogP contribution in [-0.4, -0.2) is 26.0 Å². The molecule has 0 heterocycles. The van der Waals surface area contributed by atoms with Crippen molar-refractivity contribution in [2.24, 2.45) is 10.2 Å². The zero-order valence-corrected chi connectivity index (χ0v) is 24.6. The Morgan fingerprint density at radius 3 is 2.42 bits per heavy atom. The number of nitrogens with one attached hydrogen (secondary N) is 1. The molecule has 4 aromatic rings. The van der Waals surface area contributed by atoms with Crippen molar-refractivity contribution < 1.29 is 57.2 Å². The molecule has 9 nitrogen and oxygen atoms in total. The molecule has 38 heavy (non-hydrogen) atoms. The largest absolute Gasteiger partial charge is 1.00 e. The van der Waals surface area contributed by atoms with Crippen molar-refractivity contribution in [2.45, 2.75) is 11.8 Å². The van der Waals surface area contributed by atoms with Crippen LogP contribution in [0, 0.1) is 6.92 Å². The van der Waals surface area contributed by atoms with Gasteiger partial charge in [-0.1, -0.05) is 59.3 Å². The molecule has 13 heteroatoms. The van der Waals surface area contributed by atoms with E-state index < -0.39 is 26.7 Å². The van der Waals surface area contributed by atoms with E-state index in [9.17, 15) is 22.9 Å². The summed E-state index contributed by atoms with van der Waals surface area (Å²) >= 11 is 12.4. The summed E-state index contributed by atoms with van der Waals surface area (Å²) in [6, 6.07) is 15.6. The maximum atomic E-state index is 13.4. The molecule has 0 aliphatic carbocycles. The van der Waals surface area contributed by atoms with Crippen molar-refractivity contribution in [2.75, 3.05) is 12.4 Å². The number of azo groups is 1. The van der Waals surface area contributed by atoms with Crippen molar-refractivity contribution in [1.29, 1.82) is 0 Å². The zero-order valence-electron chi connectivity index (χ0n) is 20.3. The van der Waals surface area contributed by atoms with Crippen LogP contribution in [-0.2, 0) is 10.1 Å². The van der Waals surface area contributed by atoms with Gasteiger partial charge in [0.25, 0.3) is 16.0 Å². The van der Waals surface area contributed by atoms with Crippen molar-refractivity contribution >= 4 is 67.1 Å². The van der Waals surface area contributed by atoms with Gasteiger partial charge in [0.1, 0.15) is 21.4 Å². The Morgan fingerprint density at radius 2 is 1.74 bits per heavy atom. The van der Waals surface area contributed by atoms with Crippen LogP contribution in [0.3, 0.4) is 0 Å². The predicted octanol–water partition coefficient (Wildman–Crippen LogP) is 3.46. The third kappa shape index (κ3) is 6.13. The Bertz CT molecular complexity index is 1700. The number of methoxy groups -OCH3 is 1. The molecular weight excluding hydrogens is 564 g/mol. The van der Waals surface area contributed by atoms with Crippen LogP contribution in [0.15, 0.2) is 75.8 Å². The molecule has 1 amide bonds. The molecule has 0 aromatic heterocycles. The maximum absolute atomic E-state index is 13.4. The fourth-order valence-electron chi connectivity index (χ4n) is 3.61. The fourth-order valence-corrected chi connectivity index (χ4v) is 4.97. The number of aryl methyl sites for hydroxylation is 1. The van der Waals surface area contributed by atoms with Crippen molar-refractivity contribution in [1.82, 2.24) is 0 Å². The number of anilines is 1. The van der Waals surface area contributed by atoms with E-state index in [2.05, 4.69) is 15.5 Å². The van der Waals surface area contributed by atoms with Gasteiger partial charge in [0, 0.05) is 10.9 Å². The van der Waals surface area contributed by atoms with Gasteiger partial charge in [0.05, 0.1) is 23.5 Å². The Hall–Kier alpha value is -2.70. The molecule has 0 aliphatic heterocycles. The van der Waals surface area contributed by atoms with Crippen LogP contribution < -0.4 is 44.7 Å². The molecular formula is C25H18Cl2N3NaO6S. The molecule has 190 valence electrons. The van der Waals surface area contributed by atoms with Gasteiger partial charge >= 0.3 is 29.6 Å². The number of nitrogens with zero attached hydrogens (tertiary/aromatic N) is 2. The number of fused-ring (bicyclic) bond motifs is 1. The topological polar surface area (TPSA) is 140 Å². The van der Waals surface area contributed by atoms with Crippen LogP contribution in [0.2, 0.25) is 10.0 Å². The molecule has 4 rings (SSSR count). The van der Waals surface area contributed by atoms with Crippen molar-refractivity contribution in [3.05, 3.63) is 81.8 Å². The number of rotatable bonds is 6. The minimum atomic E-state index is -4.63. The average Bonchev–Trinajstić information content (AvgIpc) is 2.85.